The fourth-order valence-electron chi connectivity index (χ4n) is 3.46. The maximum absolute atomic E-state index is 13.2. The molecule has 3 aromatic carbocycles. The maximum atomic E-state index is 13.2. The van der Waals surface area contributed by atoms with Crippen LogP contribution in [0.2, 0.25) is 10.0 Å². The van der Waals surface area contributed by atoms with Gasteiger partial charge in [0.1, 0.15) is 17.3 Å². The minimum absolute atomic E-state index is 0.0858. The van der Waals surface area contributed by atoms with Gasteiger partial charge >= 0.3 is 0 Å². The van der Waals surface area contributed by atoms with E-state index in [0.717, 1.165) is 5.56 Å². The number of amides is 2. The summed E-state index contributed by atoms with van der Waals surface area (Å²) >= 11 is 11.9. The topological polar surface area (TPSA) is 67.9 Å². The summed E-state index contributed by atoms with van der Waals surface area (Å²) < 4.78 is 24.3. The van der Waals surface area contributed by atoms with E-state index < -0.39 is 0 Å². The Labute approximate surface area is 206 Å². The number of fused-ring (bicyclic) bond motifs is 1. The van der Waals surface area contributed by atoms with Gasteiger partial charge in [0.25, 0.3) is 5.91 Å². The first-order valence-electron chi connectivity index (χ1n) is 10.6. The fraction of sp³-hybridized carbons (Fsp3) is 0.200. The third-order valence-corrected chi connectivity index (χ3v) is 5.67. The Kier molecular flexibility index (Phi) is 7.55. The second-order valence-corrected chi connectivity index (χ2v) is 8.50. The lowest BCUT2D eigenvalue weighted by Gasteiger charge is -2.30. The monoisotopic (exact) mass is 502 g/mol. The largest absolute Gasteiger partial charge is 0.492 e. The Bertz CT molecular complexity index is 1200. The maximum Gasteiger partial charge on any atom is 0.265 e. The van der Waals surface area contributed by atoms with Crippen LogP contribution in [0.5, 0.6) is 11.5 Å². The van der Waals surface area contributed by atoms with Gasteiger partial charge in [-0.1, -0.05) is 35.3 Å². The van der Waals surface area contributed by atoms with Gasteiger partial charge < -0.3 is 19.7 Å². The molecule has 2 amide bonds. The molecule has 0 radical (unpaired) electrons. The highest BCUT2D eigenvalue weighted by molar-refractivity contribution is 6.35. The van der Waals surface area contributed by atoms with Gasteiger partial charge in [0.15, 0.2) is 6.61 Å². The SMILES string of the molecule is O=C(CCCOc1ccc(Cl)cc1Cl)Nc1ccc2c(c1)N(Cc1ccc(F)cc1)C(=O)CO2. The first-order valence-corrected chi connectivity index (χ1v) is 11.3. The second-order valence-electron chi connectivity index (χ2n) is 7.65. The van der Waals surface area contributed by atoms with E-state index in [1.54, 1.807) is 53.4 Å². The van der Waals surface area contributed by atoms with Crippen molar-refractivity contribution >= 4 is 46.4 Å². The van der Waals surface area contributed by atoms with Crippen LogP contribution in [0.3, 0.4) is 0 Å². The van der Waals surface area contributed by atoms with E-state index in [1.165, 1.54) is 12.1 Å². The highest BCUT2D eigenvalue weighted by Crippen LogP contribution is 2.35. The molecule has 0 bridgehead atoms. The minimum Gasteiger partial charge on any atom is -0.492 e. The average Bonchev–Trinajstić information content (AvgIpc) is 2.81. The van der Waals surface area contributed by atoms with Crippen molar-refractivity contribution in [3.8, 4) is 11.5 Å². The molecule has 0 saturated heterocycles. The quantitative estimate of drug-likeness (QED) is 0.392. The molecule has 0 aromatic heterocycles. The number of halogens is 3. The van der Waals surface area contributed by atoms with Crippen molar-refractivity contribution in [2.45, 2.75) is 19.4 Å². The first-order chi connectivity index (χ1) is 16.4. The summed E-state index contributed by atoms with van der Waals surface area (Å²) in [7, 11) is 0. The fourth-order valence-corrected chi connectivity index (χ4v) is 3.92. The number of nitrogens with zero attached hydrogens (tertiary/aromatic N) is 1. The van der Waals surface area contributed by atoms with Gasteiger partial charge in [-0.15, -0.1) is 0 Å². The predicted molar refractivity (Wildman–Crippen MR) is 129 cm³/mol. The van der Waals surface area contributed by atoms with Crippen LogP contribution in [0, 0.1) is 5.82 Å². The van der Waals surface area contributed by atoms with Crippen LogP contribution in [0.4, 0.5) is 15.8 Å². The first kappa shape index (κ1) is 23.9. The highest BCUT2D eigenvalue weighted by atomic mass is 35.5. The zero-order valence-electron chi connectivity index (χ0n) is 18.0. The molecule has 1 aliphatic rings. The van der Waals surface area contributed by atoms with E-state index in [0.29, 0.717) is 45.9 Å². The van der Waals surface area contributed by atoms with Gasteiger partial charge in [0.05, 0.1) is 23.9 Å². The molecule has 3 aromatic rings. The van der Waals surface area contributed by atoms with E-state index in [9.17, 15) is 14.0 Å². The summed E-state index contributed by atoms with van der Waals surface area (Å²) in [6.07, 6.45) is 0.713. The van der Waals surface area contributed by atoms with Gasteiger partial charge in [-0.2, -0.15) is 0 Å². The van der Waals surface area contributed by atoms with E-state index >= 15 is 0 Å². The summed E-state index contributed by atoms with van der Waals surface area (Å²) in [5.74, 6) is 0.279. The minimum atomic E-state index is -0.343. The van der Waals surface area contributed by atoms with Crippen molar-refractivity contribution in [1.82, 2.24) is 0 Å². The molecule has 34 heavy (non-hydrogen) atoms. The summed E-state index contributed by atoms with van der Waals surface area (Å²) in [5.41, 5.74) is 1.85. The van der Waals surface area contributed by atoms with E-state index in [-0.39, 0.29) is 37.2 Å². The van der Waals surface area contributed by atoms with Gasteiger partial charge in [0.2, 0.25) is 5.91 Å². The number of anilines is 2. The molecule has 0 unspecified atom stereocenters. The molecule has 6 nitrogen and oxygen atoms in total. The standard InChI is InChI=1S/C25H21Cl2FN2O4/c26-17-5-9-22(20(27)12-17)33-11-1-2-24(31)29-19-8-10-23-21(13-19)30(25(32)15-34-23)14-16-3-6-18(28)7-4-16/h3-10,12-13H,1-2,11,14-15H2,(H,29,31). The normalized spacial score (nSPS) is 12.7. The number of carbonyl (C=O) groups is 2. The van der Waals surface area contributed by atoms with E-state index in [2.05, 4.69) is 5.32 Å². The van der Waals surface area contributed by atoms with Crippen molar-refractivity contribution in [2.24, 2.45) is 0 Å². The van der Waals surface area contributed by atoms with Crippen molar-refractivity contribution in [3.63, 3.8) is 0 Å². The van der Waals surface area contributed by atoms with Crippen molar-refractivity contribution in [1.29, 1.82) is 0 Å². The lowest BCUT2D eigenvalue weighted by atomic mass is 10.1. The molecule has 1 N–H and O–H groups in total. The Morgan fingerprint density at radius 3 is 2.65 bits per heavy atom. The van der Waals surface area contributed by atoms with E-state index in [1.807, 2.05) is 0 Å². The van der Waals surface area contributed by atoms with Gasteiger partial charge in [-0.05, 0) is 60.5 Å². The zero-order valence-corrected chi connectivity index (χ0v) is 19.5. The summed E-state index contributed by atoms with van der Waals surface area (Å²) in [4.78, 5) is 26.5. The molecule has 0 aliphatic carbocycles. The van der Waals surface area contributed by atoms with Crippen LogP contribution < -0.4 is 19.7 Å². The molecule has 1 aliphatic heterocycles. The Hall–Kier alpha value is -3.29. The zero-order chi connectivity index (χ0) is 24.1. The number of carbonyl (C=O) groups excluding carboxylic acids is 2. The molecule has 176 valence electrons. The molecule has 1 heterocycles. The smallest absolute Gasteiger partial charge is 0.265 e. The summed E-state index contributed by atoms with van der Waals surface area (Å²) in [6.45, 7) is 0.488. The van der Waals surface area contributed by atoms with E-state index in [4.69, 9.17) is 32.7 Å². The molecule has 0 fully saturated rings. The predicted octanol–water partition coefficient (Wildman–Crippen LogP) is 5.86. The third kappa shape index (κ3) is 5.98. The lowest BCUT2D eigenvalue weighted by molar-refractivity contribution is -0.121. The Morgan fingerprint density at radius 1 is 1.09 bits per heavy atom. The average molecular weight is 503 g/mol. The van der Waals surface area contributed by atoms with Crippen molar-refractivity contribution < 1.29 is 23.5 Å². The Balaban J connectivity index is 1.35. The Morgan fingerprint density at radius 2 is 1.88 bits per heavy atom. The molecule has 0 spiro atoms. The molecular formula is C25H21Cl2FN2O4. The number of benzene rings is 3. The molecule has 0 atom stereocenters. The summed E-state index contributed by atoms with van der Waals surface area (Å²) in [5, 5.41) is 3.76. The number of ether oxygens (including phenoxy) is 2. The van der Waals surface area contributed by atoms with Crippen LogP contribution in [0.1, 0.15) is 18.4 Å². The molecule has 9 heteroatoms. The lowest BCUT2D eigenvalue weighted by Crippen LogP contribution is -2.38. The van der Waals surface area contributed by atoms with Gasteiger partial charge in [-0.3, -0.25) is 9.59 Å². The van der Waals surface area contributed by atoms with Crippen LogP contribution >= 0.6 is 23.2 Å². The number of rotatable bonds is 8. The molecular weight excluding hydrogens is 482 g/mol. The van der Waals surface area contributed by atoms with Crippen molar-refractivity contribution in [2.75, 3.05) is 23.4 Å². The van der Waals surface area contributed by atoms with Gasteiger partial charge in [0, 0.05) is 17.1 Å². The van der Waals surface area contributed by atoms with Gasteiger partial charge in [-0.25, -0.2) is 4.39 Å². The third-order valence-electron chi connectivity index (χ3n) is 5.14. The summed E-state index contributed by atoms with van der Waals surface area (Å²) in [6, 6.07) is 16.0. The number of nitrogens with one attached hydrogen (secondary N) is 1. The van der Waals surface area contributed by atoms with Crippen LogP contribution in [0.25, 0.3) is 0 Å². The second kappa shape index (κ2) is 10.8. The number of hydrogen-bond acceptors (Lipinski definition) is 4. The van der Waals surface area contributed by atoms with Crippen LogP contribution in [-0.2, 0) is 16.1 Å². The molecule has 4 rings (SSSR count). The highest BCUT2D eigenvalue weighted by Gasteiger charge is 2.26. The van der Waals surface area contributed by atoms with Crippen LogP contribution in [-0.4, -0.2) is 25.0 Å². The number of hydrogen-bond donors (Lipinski definition) is 1. The molecule has 0 saturated carbocycles. The van der Waals surface area contributed by atoms with Crippen LogP contribution in [0.15, 0.2) is 60.7 Å². The van der Waals surface area contributed by atoms with Crippen molar-refractivity contribution in [3.05, 3.63) is 82.1 Å².